The Morgan fingerprint density at radius 2 is 2.29 bits per heavy atom. The minimum absolute atomic E-state index is 0.380. The van der Waals surface area contributed by atoms with Crippen LogP contribution in [-0.2, 0) is 0 Å². The number of nitrogens with zero attached hydrogens (tertiary/aromatic N) is 2. The van der Waals surface area contributed by atoms with Crippen LogP contribution < -0.4 is 5.32 Å². The van der Waals surface area contributed by atoms with E-state index in [0.717, 1.165) is 12.5 Å². The Bertz CT molecular complexity index is 375. The molecular weight excluding hydrogens is 230 g/mol. The molecule has 96 valence electrons. The van der Waals surface area contributed by atoms with E-state index >= 15 is 0 Å². The summed E-state index contributed by atoms with van der Waals surface area (Å²) in [4.78, 5) is 8.38. The van der Waals surface area contributed by atoms with Crippen LogP contribution in [0, 0.1) is 19.8 Å². The molecule has 1 saturated heterocycles. The molecule has 0 amide bonds. The maximum absolute atomic E-state index is 4.62. The van der Waals surface area contributed by atoms with Crippen LogP contribution in [0.15, 0.2) is 0 Å². The van der Waals surface area contributed by atoms with Crippen LogP contribution in [0.4, 0.5) is 0 Å². The summed E-state index contributed by atoms with van der Waals surface area (Å²) in [6, 6.07) is 0.380. The molecule has 0 aromatic carbocycles. The second-order valence-corrected chi connectivity index (χ2v) is 6.63. The molecule has 2 atom stereocenters. The minimum Gasteiger partial charge on any atom is -0.308 e. The molecule has 3 nitrogen and oxygen atoms in total. The molecule has 1 fully saturated rings. The normalized spacial score (nSPS) is 23.2. The van der Waals surface area contributed by atoms with Crippen LogP contribution in [0.1, 0.15) is 35.0 Å². The summed E-state index contributed by atoms with van der Waals surface area (Å²) in [5.41, 5.74) is 1.24. The number of rotatable bonds is 4. The van der Waals surface area contributed by atoms with Gasteiger partial charge in [-0.05, 0) is 53.2 Å². The number of aryl methyl sites for hydroxylation is 2. The van der Waals surface area contributed by atoms with Gasteiger partial charge in [0.05, 0.1) is 10.7 Å². The van der Waals surface area contributed by atoms with Gasteiger partial charge >= 0.3 is 0 Å². The van der Waals surface area contributed by atoms with Crippen molar-refractivity contribution in [1.29, 1.82) is 0 Å². The lowest BCUT2D eigenvalue weighted by atomic mass is 10.1. The molecule has 2 rings (SSSR count). The van der Waals surface area contributed by atoms with Crippen molar-refractivity contribution in [3.63, 3.8) is 0 Å². The fourth-order valence-electron chi connectivity index (χ4n) is 2.58. The van der Waals surface area contributed by atoms with E-state index in [1.54, 1.807) is 11.3 Å². The van der Waals surface area contributed by atoms with E-state index in [1.807, 2.05) is 0 Å². The standard InChI is InChI=1S/C13H23N3S/c1-9(13-10(2)17-11(3)15-13)14-7-12-5-6-16(4)8-12/h9,12,14H,5-8H2,1-4H3. The fourth-order valence-corrected chi connectivity index (χ4v) is 3.49. The van der Waals surface area contributed by atoms with Crippen molar-refractivity contribution in [1.82, 2.24) is 15.2 Å². The number of likely N-dealkylation sites (tertiary alicyclic amines) is 1. The first kappa shape index (κ1) is 13.0. The largest absolute Gasteiger partial charge is 0.308 e. The number of hydrogen-bond acceptors (Lipinski definition) is 4. The summed E-state index contributed by atoms with van der Waals surface area (Å²) in [6.45, 7) is 10.1. The fraction of sp³-hybridized carbons (Fsp3) is 0.769. The monoisotopic (exact) mass is 253 g/mol. The van der Waals surface area contributed by atoms with Gasteiger partial charge in [-0.15, -0.1) is 11.3 Å². The topological polar surface area (TPSA) is 28.2 Å². The zero-order valence-electron chi connectivity index (χ0n) is 11.3. The van der Waals surface area contributed by atoms with Crippen LogP contribution in [0.2, 0.25) is 0 Å². The molecule has 0 bridgehead atoms. The third kappa shape index (κ3) is 3.27. The van der Waals surface area contributed by atoms with E-state index in [-0.39, 0.29) is 0 Å². The van der Waals surface area contributed by atoms with Crippen molar-refractivity contribution in [3.8, 4) is 0 Å². The van der Waals surface area contributed by atoms with Crippen LogP contribution in [0.3, 0.4) is 0 Å². The van der Waals surface area contributed by atoms with Crippen molar-refractivity contribution in [3.05, 3.63) is 15.6 Å². The summed E-state index contributed by atoms with van der Waals surface area (Å²) in [5.74, 6) is 0.808. The van der Waals surface area contributed by atoms with E-state index in [2.05, 4.69) is 43.0 Å². The lowest BCUT2D eigenvalue weighted by molar-refractivity contribution is 0.381. The van der Waals surface area contributed by atoms with Crippen LogP contribution >= 0.6 is 11.3 Å². The molecule has 2 heterocycles. The number of hydrogen-bond donors (Lipinski definition) is 1. The Labute approximate surface area is 108 Å². The van der Waals surface area contributed by atoms with Crippen LogP contribution in [-0.4, -0.2) is 36.6 Å². The Morgan fingerprint density at radius 1 is 1.53 bits per heavy atom. The van der Waals surface area contributed by atoms with Crippen molar-refractivity contribution < 1.29 is 0 Å². The lowest BCUT2D eigenvalue weighted by Gasteiger charge is -2.16. The van der Waals surface area contributed by atoms with Gasteiger partial charge in [0.1, 0.15) is 0 Å². The van der Waals surface area contributed by atoms with E-state index in [1.165, 1.54) is 35.1 Å². The molecule has 1 aliphatic rings. The third-order valence-electron chi connectivity index (χ3n) is 3.55. The van der Waals surface area contributed by atoms with Gasteiger partial charge < -0.3 is 10.2 Å². The minimum atomic E-state index is 0.380. The summed E-state index contributed by atoms with van der Waals surface area (Å²) in [5, 5.41) is 4.81. The quantitative estimate of drug-likeness (QED) is 0.893. The Morgan fingerprint density at radius 3 is 2.82 bits per heavy atom. The van der Waals surface area contributed by atoms with Crippen molar-refractivity contribution in [2.75, 3.05) is 26.7 Å². The molecule has 0 spiro atoms. The first-order chi connectivity index (χ1) is 8.06. The maximum Gasteiger partial charge on any atom is 0.0900 e. The van der Waals surface area contributed by atoms with Gasteiger partial charge in [0, 0.05) is 17.5 Å². The molecule has 0 saturated carbocycles. The Hall–Kier alpha value is -0.450. The molecule has 1 aromatic rings. The van der Waals surface area contributed by atoms with Crippen LogP contribution in [0.5, 0.6) is 0 Å². The first-order valence-electron chi connectivity index (χ1n) is 6.42. The van der Waals surface area contributed by atoms with Crippen molar-refractivity contribution in [2.45, 2.75) is 33.2 Å². The zero-order valence-corrected chi connectivity index (χ0v) is 12.1. The average molecular weight is 253 g/mol. The molecule has 17 heavy (non-hydrogen) atoms. The Kier molecular flexibility index (Phi) is 4.17. The van der Waals surface area contributed by atoms with E-state index in [9.17, 15) is 0 Å². The Balaban J connectivity index is 1.85. The third-order valence-corrected chi connectivity index (χ3v) is 4.45. The predicted molar refractivity (Wildman–Crippen MR) is 73.6 cm³/mol. The SMILES string of the molecule is Cc1nc(C(C)NCC2CCN(C)C2)c(C)s1. The van der Waals surface area contributed by atoms with Gasteiger partial charge in [0.25, 0.3) is 0 Å². The van der Waals surface area contributed by atoms with Gasteiger partial charge in [-0.25, -0.2) is 4.98 Å². The van der Waals surface area contributed by atoms with Gasteiger partial charge in [0.2, 0.25) is 0 Å². The zero-order chi connectivity index (χ0) is 12.4. The van der Waals surface area contributed by atoms with Gasteiger partial charge in [-0.2, -0.15) is 0 Å². The lowest BCUT2D eigenvalue weighted by Crippen LogP contribution is -2.27. The molecule has 4 heteroatoms. The summed E-state index contributed by atoms with van der Waals surface area (Å²) in [6.07, 6.45) is 1.32. The molecule has 1 N–H and O–H groups in total. The van der Waals surface area contributed by atoms with Crippen molar-refractivity contribution >= 4 is 11.3 Å². The smallest absolute Gasteiger partial charge is 0.0900 e. The highest BCUT2D eigenvalue weighted by molar-refractivity contribution is 7.11. The van der Waals surface area contributed by atoms with Crippen molar-refractivity contribution in [2.24, 2.45) is 5.92 Å². The van der Waals surface area contributed by atoms with E-state index in [0.29, 0.717) is 6.04 Å². The maximum atomic E-state index is 4.62. The highest BCUT2D eigenvalue weighted by Gasteiger charge is 2.20. The number of thiazole rings is 1. The summed E-state index contributed by atoms with van der Waals surface area (Å²) in [7, 11) is 2.21. The van der Waals surface area contributed by atoms with Gasteiger partial charge in [0.15, 0.2) is 0 Å². The number of nitrogens with one attached hydrogen (secondary N) is 1. The molecule has 1 aromatic heterocycles. The summed E-state index contributed by atoms with van der Waals surface area (Å²) < 4.78 is 0. The predicted octanol–water partition coefficient (Wildman–Crippen LogP) is 2.36. The highest BCUT2D eigenvalue weighted by Crippen LogP contribution is 2.23. The molecular formula is C13H23N3S. The van der Waals surface area contributed by atoms with E-state index < -0.39 is 0 Å². The van der Waals surface area contributed by atoms with Gasteiger partial charge in [-0.3, -0.25) is 0 Å². The molecule has 0 radical (unpaired) electrons. The molecule has 2 unspecified atom stereocenters. The van der Waals surface area contributed by atoms with Crippen LogP contribution in [0.25, 0.3) is 0 Å². The van der Waals surface area contributed by atoms with Gasteiger partial charge in [-0.1, -0.05) is 0 Å². The second-order valence-electron chi connectivity index (χ2n) is 5.22. The molecule has 1 aliphatic heterocycles. The molecule has 0 aliphatic carbocycles. The number of aromatic nitrogens is 1. The summed E-state index contributed by atoms with van der Waals surface area (Å²) >= 11 is 1.80. The first-order valence-corrected chi connectivity index (χ1v) is 7.23. The van der Waals surface area contributed by atoms with E-state index in [4.69, 9.17) is 0 Å². The average Bonchev–Trinajstić information content (AvgIpc) is 2.81. The second kappa shape index (κ2) is 5.46. The highest BCUT2D eigenvalue weighted by atomic mass is 32.1.